The highest BCUT2D eigenvalue weighted by molar-refractivity contribution is 9.10. The van der Waals surface area contributed by atoms with Crippen molar-refractivity contribution in [2.45, 2.75) is 25.4 Å². The van der Waals surface area contributed by atoms with Gasteiger partial charge in [-0.05, 0) is 36.6 Å². The van der Waals surface area contributed by atoms with Gasteiger partial charge in [0.05, 0.1) is 12.1 Å². The maximum atomic E-state index is 5.99. The van der Waals surface area contributed by atoms with Crippen molar-refractivity contribution < 1.29 is 0 Å². The van der Waals surface area contributed by atoms with Crippen LogP contribution in [0.5, 0.6) is 0 Å². The molecule has 2 aromatic rings. The Bertz CT molecular complexity index is 664. The molecular weight excluding hydrogens is 326 g/mol. The fourth-order valence-electron chi connectivity index (χ4n) is 2.72. The van der Waals surface area contributed by atoms with Gasteiger partial charge in [0, 0.05) is 4.47 Å². The van der Waals surface area contributed by atoms with Crippen LogP contribution in [0.3, 0.4) is 0 Å². The first-order valence-electron chi connectivity index (χ1n) is 7.03. The SMILES string of the molecule is Cc1cccc(C2CC(c3ccc(Br)cc3)NC(N)=N2)c1. The zero-order valence-corrected chi connectivity index (χ0v) is 13.5. The Labute approximate surface area is 133 Å². The average molecular weight is 344 g/mol. The Morgan fingerprint density at radius 2 is 1.90 bits per heavy atom. The lowest BCUT2D eigenvalue weighted by molar-refractivity contribution is 0.487. The zero-order valence-electron chi connectivity index (χ0n) is 11.9. The number of nitrogens with two attached hydrogens (primary N) is 1. The smallest absolute Gasteiger partial charge is 0.189 e. The van der Waals surface area contributed by atoms with Gasteiger partial charge >= 0.3 is 0 Å². The van der Waals surface area contributed by atoms with Gasteiger partial charge in [-0.2, -0.15) is 0 Å². The Morgan fingerprint density at radius 3 is 2.62 bits per heavy atom. The van der Waals surface area contributed by atoms with Crippen LogP contribution in [-0.4, -0.2) is 5.96 Å². The number of guanidine groups is 1. The van der Waals surface area contributed by atoms with E-state index in [0.717, 1.165) is 10.9 Å². The molecule has 0 bridgehead atoms. The lowest BCUT2D eigenvalue weighted by Gasteiger charge is -2.29. The van der Waals surface area contributed by atoms with E-state index in [1.54, 1.807) is 0 Å². The maximum absolute atomic E-state index is 5.99. The molecule has 4 heteroatoms. The third-order valence-electron chi connectivity index (χ3n) is 3.78. The summed E-state index contributed by atoms with van der Waals surface area (Å²) in [7, 11) is 0. The van der Waals surface area contributed by atoms with Gasteiger partial charge in [0.1, 0.15) is 0 Å². The Kier molecular flexibility index (Phi) is 3.97. The fourth-order valence-corrected chi connectivity index (χ4v) is 2.99. The van der Waals surface area contributed by atoms with Gasteiger partial charge in [-0.1, -0.05) is 57.9 Å². The second-order valence-corrected chi connectivity index (χ2v) is 6.34. The highest BCUT2D eigenvalue weighted by Crippen LogP contribution is 2.32. The number of benzene rings is 2. The van der Waals surface area contributed by atoms with Gasteiger partial charge in [0.2, 0.25) is 0 Å². The molecular formula is C17H18BrN3. The van der Waals surface area contributed by atoms with Crippen LogP contribution in [0, 0.1) is 6.92 Å². The average Bonchev–Trinajstić information content (AvgIpc) is 2.47. The number of nitrogens with zero attached hydrogens (tertiary/aromatic N) is 1. The molecule has 2 aromatic carbocycles. The van der Waals surface area contributed by atoms with Crippen LogP contribution >= 0.6 is 15.9 Å². The first-order valence-corrected chi connectivity index (χ1v) is 7.83. The van der Waals surface area contributed by atoms with Crippen molar-refractivity contribution in [3.63, 3.8) is 0 Å². The lowest BCUT2D eigenvalue weighted by Crippen LogP contribution is -2.39. The maximum Gasteiger partial charge on any atom is 0.189 e. The number of aliphatic imine (C=N–C) groups is 1. The lowest BCUT2D eigenvalue weighted by atomic mass is 9.93. The number of aryl methyl sites for hydroxylation is 1. The van der Waals surface area contributed by atoms with Crippen LogP contribution in [0.15, 0.2) is 58.0 Å². The number of rotatable bonds is 2. The predicted molar refractivity (Wildman–Crippen MR) is 90.2 cm³/mol. The predicted octanol–water partition coefficient (Wildman–Crippen LogP) is 3.85. The first-order chi connectivity index (χ1) is 10.1. The van der Waals surface area contributed by atoms with E-state index in [9.17, 15) is 0 Å². The molecule has 3 N–H and O–H groups in total. The molecule has 2 atom stereocenters. The zero-order chi connectivity index (χ0) is 14.8. The van der Waals surface area contributed by atoms with E-state index < -0.39 is 0 Å². The van der Waals surface area contributed by atoms with E-state index in [2.05, 4.69) is 81.7 Å². The second kappa shape index (κ2) is 5.90. The summed E-state index contributed by atoms with van der Waals surface area (Å²) in [5.41, 5.74) is 9.69. The third-order valence-corrected chi connectivity index (χ3v) is 4.30. The summed E-state index contributed by atoms with van der Waals surface area (Å²) >= 11 is 3.47. The molecule has 2 unspecified atom stereocenters. The molecule has 1 heterocycles. The van der Waals surface area contributed by atoms with E-state index in [1.165, 1.54) is 16.7 Å². The number of hydrogen-bond donors (Lipinski definition) is 2. The first kappa shape index (κ1) is 14.1. The largest absolute Gasteiger partial charge is 0.370 e. The molecule has 0 saturated heterocycles. The van der Waals surface area contributed by atoms with Crippen LogP contribution in [0.25, 0.3) is 0 Å². The summed E-state index contributed by atoms with van der Waals surface area (Å²) in [5, 5.41) is 3.28. The van der Waals surface area contributed by atoms with Gasteiger partial charge in [-0.3, -0.25) is 0 Å². The molecule has 0 aliphatic carbocycles. The summed E-state index contributed by atoms with van der Waals surface area (Å²) < 4.78 is 1.08. The van der Waals surface area contributed by atoms with Crippen LogP contribution in [-0.2, 0) is 0 Å². The molecule has 21 heavy (non-hydrogen) atoms. The minimum atomic E-state index is 0.111. The summed E-state index contributed by atoms with van der Waals surface area (Å²) in [5.74, 6) is 0.515. The van der Waals surface area contributed by atoms with Gasteiger partial charge in [0.15, 0.2) is 5.96 Å². The van der Waals surface area contributed by atoms with E-state index in [-0.39, 0.29) is 12.1 Å². The molecule has 0 amide bonds. The minimum absolute atomic E-state index is 0.111. The number of hydrogen-bond acceptors (Lipinski definition) is 3. The van der Waals surface area contributed by atoms with Crippen molar-refractivity contribution >= 4 is 21.9 Å². The Balaban J connectivity index is 1.87. The monoisotopic (exact) mass is 343 g/mol. The standard InChI is InChI=1S/C17H18BrN3/c1-11-3-2-4-13(9-11)16-10-15(20-17(19)21-16)12-5-7-14(18)8-6-12/h2-9,15-16H,10H2,1H3,(H3,19,20,21). The van der Waals surface area contributed by atoms with Crippen molar-refractivity contribution in [2.75, 3.05) is 0 Å². The number of halogens is 1. The molecule has 0 radical (unpaired) electrons. The normalized spacial score (nSPS) is 21.5. The van der Waals surface area contributed by atoms with Crippen molar-refractivity contribution in [3.05, 3.63) is 69.7 Å². The number of nitrogens with one attached hydrogen (secondary N) is 1. The van der Waals surface area contributed by atoms with Crippen LogP contribution < -0.4 is 11.1 Å². The van der Waals surface area contributed by atoms with Crippen molar-refractivity contribution in [1.82, 2.24) is 5.32 Å². The van der Waals surface area contributed by atoms with Crippen LogP contribution in [0.2, 0.25) is 0 Å². The summed E-state index contributed by atoms with van der Waals surface area (Å²) in [6.07, 6.45) is 0.909. The third kappa shape index (κ3) is 3.27. The van der Waals surface area contributed by atoms with Gasteiger partial charge in [0.25, 0.3) is 0 Å². The summed E-state index contributed by atoms with van der Waals surface area (Å²) in [6.45, 7) is 2.10. The molecule has 0 aromatic heterocycles. The molecule has 1 aliphatic rings. The van der Waals surface area contributed by atoms with Crippen LogP contribution in [0.1, 0.15) is 35.2 Å². The van der Waals surface area contributed by atoms with E-state index in [0.29, 0.717) is 5.96 Å². The topological polar surface area (TPSA) is 50.4 Å². The van der Waals surface area contributed by atoms with Crippen molar-refractivity contribution in [1.29, 1.82) is 0 Å². The Hall–Kier alpha value is -1.81. The molecule has 0 saturated carbocycles. The molecule has 0 spiro atoms. The fraction of sp³-hybridized carbons (Fsp3) is 0.235. The second-order valence-electron chi connectivity index (χ2n) is 5.43. The van der Waals surface area contributed by atoms with Crippen LogP contribution in [0.4, 0.5) is 0 Å². The highest BCUT2D eigenvalue weighted by atomic mass is 79.9. The minimum Gasteiger partial charge on any atom is -0.370 e. The molecule has 1 aliphatic heterocycles. The summed E-state index contributed by atoms with van der Waals surface area (Å²) in [4.78, 5) is 4.56. The highest BCUT2D eigenvalue weighted by Gasteiger charge is 2.24. The van der Waals surface area contributed by atoms with Crippen molar-refractivity contribution in [3.8, 4) is 0 Å². The van der Waals surface area contributed by atoms with Gasteiger partial charge in [-0.25, -0.2) is 4.99 Å². The summed E-state index contributed by atoms with van der Waals surface area (Å²) in [6, 6.07) is 17.1. The van der Waals surface area contributed by atoms with Gasteiger partial charge < -0.3 is 11.1 Å². The quantitative estimate of drug-likeness (QED) is 0.870. The van der Waals surface area contributed by atoms with E-state index in [1.807, 2.05) is 0 Å². The molecule has 108 valence electrons. The van der Waals surface area contributed by atoms with Crippen molar-refractivity contribution in [2.24, 2.45) is 10.7 Å². The van der Waals surface area contributed by atoms with E-state index >= 15 is 0 Å². The Morgan fingerprint density at radius 1 is 1.14 bits per heavy atom. The van der Waals surface area contributed by atoms with Gasteiger partial charge in [-0.15, -0.1) is 0 Å². The van der Waals surface area contributed by atoms with E-state index in [4.69, 9.17) is 5.73 Å². The molecule has 3 nitrogen and oxygen atoms in total. The molecule has 0 fully saturated rings. The molecule has 3 rings (SSSR count).